The quantitative estimate of drug-likeness (QED) is 0.0786. The van der Waals surface area contributed by atoms with Crippen molar-refractivity contribution in [3.8, 4) is 5.75 Å². The van der Waals surface area contributed by atoms with Gasteiger partial charge < -0.3 is 28.7 Å². The van der Waals surface area contributed by atoms with Crippen LogP contribution in [0.25, 0.3) is 0 Å². The van der Waals surface area contributed by atoms with Crippen molar-refractivity contribution < 1.29 is 28.2 Å². The third kappa shape index (κ3) is 18.9. The van der Waals surface area contributed by atoms with Crippen LogP contribution < -0.4 is 10.1 Å². The van der Waals surface area contributed by atoms with E-state index in [9.17, 15) is 9.69 Å². The smallest absolute Gasteiger partial charge is 0.329 e. The van der Waals surface area contributed by atoms with Crippen molar-refractivity contribution in [2.75, 3.05) is 33.4 Å². The van der Waals surface area contributed by atoms with E-state index in [4.69, 9.17) is 18.5 Å². The Kier molecular flexibility index (Phi) is 22.0. The number of hydrogen-bond acceptors (Lipinski definition) is 7. The molecule has 0 heterocycles. The average Bonchev–Trinajstić information content (AvgIpc) is 2.89. The minimum absolute atomic E-state index is 0.0736. The summed E-state index contributed by atoms with van der Waals surface area (Å²) in [5, 5.41) is 3.01. The number of benzene rings is 1. The summed E-state index contributed by atoms with van der Waals surface area (Å²) in [6.07, 6.45) is 16.7. The summed E-state index contributed by atoms with van der Waals surface area (Å²) in [4.78, 5) is 20.7. The second kappa shape index (κ2) is 24.1. The molecule has 208 valence electrons. The number of ether oxygens (including phenoxy) is 2. The van der Waals surface area contributed by atoms with Gasteiger partial charge in [-0.15, -0.1) is 0 Å². The maximum Gasteiger partial charge on any atom is 0.329 e. The molecule has 36 heavy (non-hydrogen) atoms. The molecule has 7 nitrogen and oxygen atoms in total. The van der Waals surface area contributed by atoms with Gasteiger partial charge in [0.25, 0.3) is 6.47 Å². The molecule has 0 saturated heterocycles. The van der Waals surface area contributed by atoms with Gasteiger partial charge in [0, 0.05) is 6.42 Å². The van der Waals surface area contributed by atoms with Crippen molar-refractivity contribution in [2.24, 2.45) is 0 Å². The Bertz CT molecular complexity index is 619. The Morgan fingerprint density at radius 3 is 2.06 bits per heavy atom. The lowest BCUT2D eigenvalue weighted by molar-refractivity contribution is -0.135. The first-order valence-corrected chi connectivity index (χ1v) is 15.0. The largest absolute Gasteiger partial charge is 0.494 e. The van der Waals surface area contributed by atoms with Gasteiger partial charge in [-0.05, 0) is 44.1 Å². The van der Waals surface area contributed by atoms with Crippen LogP contribution >= 0.6 is 8.60 Å². The molecule has 0 aliphatic rings. The highest BCUT2D eigenvalue weighted by Crippen LogP contribution is 2.33. The van der Waals surface area contributed by atoms with Crippen LogP contribution in [0.3, 0.4) is 0 Å². The van der Waals surface area contributed by atoms with Crippen molar-refractivity contribution in [3.63, 3.8) is 0 Å². The SMILES string of the molecule is CCCCCCCCCCCCCCOc1ccc(CC(COP(O)OCCCNC)OC=O)cc1. The van der Waals surface area contributed by atoms with E-state index in [0.29, 0.717) is 19.5 Å². The van der Waals surface area contributed by atoms with Gasteiger partial charge in [-0.3, -0.25) is 4.79 Å². The highest BCUT2D eigenvalue weighted by atomic mass is 31.2. The summed E-state index contributed by atoms with van der Waals surface area (Å²) in [5.74, 6) is 0.847. The molecule has 0 radical (unpaired) electrons. The van der Waals surface area contributed by atoms with Crippen LogP contribution in [0.4, 0.5) is 0 Å². The molecule has 2 atom stereocenters. The first-order valence-electron chi connectivity index (χ1n) is 13.9. The van der Waals surface area contributed by atoms with E-state index in [-0.39, 0.29) is 6.61 Å². The highest BCUT2D eigenvalue weighted by molar-refractivity contribution is 7.40. The van der Waals surface area contributed by atoms with E-state index in [1.165, 1.54) is 70.6 Å². The van der Waals surface area contributed by atoms with Gasteiger partial charge in [0.05, 0.1) is 19.8 Å². The molecule has 0 spiro atoms. The molecule has 1 aromatic rings. The Balaban J connectivity index is 2.13. The van der Waals surface area contributed by atoms with E-state index in [1.807, 2.05) is 31.3 Å². The van der Waals surface area contributed by atoms with Crippen LogP contribution in [-0.2, 0) is 25.0 Å². The minimum Gasteiger partial charge on any atom is -0.494 e. The van der Waals surface area contributed by atoms with Gasteiger partial charge in [0.1, 0.15) is 11.9 Å². The molecular weight excluding hydrogens is 477 g/mol. The Morgan fingerprint density at radius 1 is 0.861 bits per heavy atom. The van der Waals surface area contributed by atoms with E-state index in [2.05, 4.69) is 12.2 Å². The number of carbonyl (C=O) groups excluding carboxylic acids is 1. The van der Waals surface area contributed by atoms with Crippen molar-refractivity contribution >= 4 is 15.1 Å². The maximum atomic E-state index is 10.9. The molecule has 0 aromatic heterocycles. The first-order chi connectivity index (χ1) is 17.7. The van der Waals surface area contributed by atoms with Gasteiger partial charge in [0.15, 0.2) is 0 Å². The zero-order valence-electron chi connectivity index (χ0n) is 22.6. The molecule has 2 N–H and O–H groups in total. The average molecular weight is 528 g/mol. The fourth-order valence-electron chi connectivity index (χ4n) is 3.92. The van der Waals surface area contributed by atoms with Crippen molar-refractivity contribution in [1.29, 1.82) is 0 Å². The molecule has 0 fully saturated rings. The minimum atomic E-state index is -1.98. The molecule has 0 saturated carbocycles. The topological polar surface area (TPSA) is 86.2 Å². The summed E-state index contributed by atoms with van der Waals surface area (Å²) in [6, 6.07) is 7.82. The van der Waals surface area contributed by atoms with E-state index >= 15 is 0 Å². The lowest BCUT2D eigenvalue weighted by atomic mass is 10.1. The number of carbonyl (C=O) groups is 1. The molecule has 0 amide bonds. The van der Waals surface area contributed by atoms with Crippen LogP contribution in [0.2, 0.25) is 0 Å². The summed E-state index contributed by atoms with van der Waals surface area (Å²) < 4.78 is 21.6. The summed E-state index contributed by atoms with van der Waals surface area (Å²) in [7, 11) is -0.124. The normalized spacial score (nSPS) is 12.9. The van der Waals surface area contributed by atoms with Crippen LogP contribution in [-0.4, -0.2) is 50.9 Å². The predicted octanol–water partition coefficient (Wildman–Crippen LogP) is 6.71. The number of nitrogens with one attached hydrogen (secondary N) is 1. The van der Waals surface area contributed by atoms with Crippen molar-refractivity contribution in [3.05, 3.63) is 29.8 Å². The maximum absolute atomic E-state index is 10.9. The Morgan fingerprint density at radius 2 is 1.47 bits per heavy atom. The fraction of sp³-hybridized carbons (Fsp3) is 0.750. The van der Waals surface area contributed by atoms with E-state index < -0.39 is 14.7 Å². The molecule has 0 aliphatic heterocycles. The lowest BCUT2D eigenvalue weighted by Gasteiger charge is -2.17. The number of hydrogen-bond donors (Lipinski definition) is 2. The lowest BCUT2D eigenvalue weighted by Crippen LogP contribution is -2.21. The highest BCUT2D eigenvalue weighted by Gasteiger charge is 2.15. The number of rotatable bonds is 26. The molecule has 8 heteroatoms. The van der Waals surface area contributed by atoms with E-state index in [0.717, 1.165) is 37.3 Å². The monoisotopic (exact) mass is 527 g/mol. The van der Waals surface area contributed by atoms with Crippen molar-refractivity contribution in [1.82, 2.24) is 5.32 Å². The molecule has 1 rings (SSSR count). The number of unbranched alkanes of at least 4 members (excludes halogenated alkanes) is 11. The van der Waals surface area contributed by atoms with E-state index in [1.54, 1.807) is 0 Å². The van der Waals surface area contributed by atoms with Gasteiger partial charge in [0.2, 0.25) is 0 Å². The van der Waals surface area contributed by atoms with Crippen molar-refractivity contribution in [2.45, 2.75) is 103 Å². The first kappa shape index (κ1) is 32.8. The Labute approximate surface area is 220 Å². The molecular formula is C28H50NO6P. The summed E-state index contributed by atoms with van der Waals surface area (Å²) in [5.41, 5.74) is 1.00. The summed E-state index contributed by atoms with van der Waals surface area (Å²) >= 11 is 0. The second-order valence-corrected chi connectivity index (χ2v) is 10.3. The third-order valence-corrected chi connectivity index (χ3v) is 6.82. The molecule has 0 aliphatic carbocycles. The standard InChI is InChI=1S/C28H50NO6P/c1-3-4-5-6-7-8-9-10-11-12-13-14-21-32-27-18-16-26(17-19-27)23-28(33-25-30)24-35-36(31)34-22-15-20-29-2/h16-19,25,28-29,31H,3-15,20-24H2,1-2H3. The predicted molar refractivity (Wildman–Crippen MR) is 147 cm³/mol. The zero-order valence-corrected chi connectivity index (χ0v) is 23.5. The molecule has 0 bridgehead atoms. The molecule has 1 aromatic carbocycles. The van der Waals surface area contributed by atoms with Gasteiger partial charge in [-0.2, -0.15) is 0 Å². The second-order valence-electron chi connectivity index (χ2n) is 9.26. The van der Waals surface area contributed by atoms with Crippen LogP contribution in [0, 0.1) is 0 Å². The molecule has 2 unspecified atom stereocenters. The van der Waals surface area contributed by atoms with Gasteiger partial charge >= 0.3 is 8.60 Å². The summed E-state index contributed by atoms with van der Waals surface area (Å²) in [6.45, 7) is 4.69. The van der Waals surface area contributed by atoms with Gasteiger partial charge in [-0.1, -0.05) is 89.7 Å². The fourth-order valence-corrected chi connectivity index (χ4v) is 4.57. The van der Waals surface area contributed by atoms with Crippen LogP contribution in [0.5, 0.6) is 5.75 Å². The zero-order chi connectivity index (χ0) is 26.1. The van der Waals surface area contributed by atoms with Crippen LogP contribution in [0.15, 0.2) is 24.3 Å². The third-order valence-electron chi connectivity index (χ3n) is 6.05. The van der Waals surface area contributed by atoms with Gasteiger partial charge in [-0.25, -0.2) is 0 Å². The Hall–Kier alpha value is -1.24. The van der Waals surface area contributed by atoms with Crippen LogP contribution in [0.1, 0.15) is 96.0 Å².